The van der Waals surface area contributed by atoms with E-state index in [9.17, 15) is 21.6 Å². The molecule has 2 aromatic rings. The van der Waals surface area contributed by atoms with Crippen LogP contribution in [0, 0.1) is 0 Å². The minimum Gasteiger partial charge on any atom is -0.484 e. The van der Waals surface area contributed by atoms with Crippen molar-refractivity contribution in [3.8, 4) is 5.75 Å². The van der Waals surface area contributed by atoms with Crippen molar-refractivity contribution >= 4 is 21.7 Å². The topological polar surface area (TPSA) is 91.8 Å². The minimum absolute atomic E-state index is 0.133. The molecule has 7 nitrogen and oxygen atoms in total. The molecular weight excluding hydrogens is 421 g/mol. The van der Waals surface area contributed by atoms with Crippen LogP contribution in [0.15, 0.2) is 53.5 Å². The lowest BCUT2D eigenvalue weighted by molar-refractivity contribution is -0.153. The van der Waals surface area contributed by atoms with E-state index < -0.39 is 22.8 Å². The first-order chi connectivity index (χ1) is 14.1. The van der Waals surface area contributed by atoms with Crippen LogP contribution in [0.4, 0.5) is 18.9 Å². The summed E-state index contributed by atoms with van der Waals surface area (Å²) in [4.78, 5) is 4.10. The highest BCUT2D eigenvalue weighted by Gasteiger charge is 2.28. The highest BCUT2D eigenvalue weighted by Crippen LogP contribution is 2.19. The lowest BCUT2D eigenvalue weighted by atomic mass is 10.2. The molecule has 30 heavy (non-hydrogen) atoms. The first-order valence-electron chi connectivity index (χ1n) is 8.84. The van der Waals surface area contributed by atoms with Crippen LogP contribution < -0.4 is 20.1 Å². The second-order valence-electron chi connectivity index (χ2n) is 6.36. The smallest absolute Gasteiger partial charge is 0.422 e. The maximum Gasteiger partial charge on any atom is 0.422 e. The van der Waals surface area contributed by atoms with Gasteiger partial charge in [0.1, 0.15) is 5.75 Å². The van der Waals surface area contributed by atoms with E-state index in [-0.39, 0.29) is 5.75 Å². The Bertz CT molecular complexity index is 962. The van der Waals surface area contributed by atoms with E-state index in [0.29, 0.717) is 24.7 Å². The monoisotopic (exact) mass is 444 g/mol. The van der Waals surface area contributed by atoms with Gasteiger partial charge in [0.2, 0.25) is 10.0 Å². The number of hydrogen-bond donors (Lipinski definition) is 3. The van der Waals surface area contributed by atoms with E-state index in [0.717, 1.165) is 17.4 Å². The zero-order chi connectivity index (χ0) is 22.2. The zero-order valence-electron chi connectivity index (χ0n) is 16.5. The van der Waals surface area contributed by atoms with E-state index in [2.05, 4.69) is 25.1 Å². The summed E-state index contributed by atoms with van der Waals surface area (Å²) in [5.41, 5.74) is 2.02. The van der Waals surface area contributed by atoms with Gasteiger partial charge in [0.05, 0.1) is 11.9 Å². The average Bonchev–Trinajstić information content (AvgIpc) is 2.67. The van der Waals surface area contributed by atoms with Crippen molar-refractivity contribution in [3.05, 3.63) is 59.7 Å². The van der Waals surface area contributed by atoms with Crippen molar-refractivity contribution in [2.75, 3.05) is 24.6 Å². The predicted molar refractivity (Wildman–Crippen MR) is 110 cm³/mol. The molecule has 0 spiro atoms. The normalized spacial score (nSPS) is 12.4. The number of rotatable bonds is 8. The molecule has 0 aromatic heterocycles. The van der Waals surface area contributed by atoms with E-state index in [4.69, 9.17) is 0 Å². The van der Waals surface area contributed by atoms with E-state index in [1.807, 2.05) is 0 Å². The van der Waals surface area contributed by atoms with Crippen LogP contribution in [0.25, 0.3) is 0 Å². The molecule has 0 amide bonds. The van der Waals surface area contributed by atoms with Crippen LogP contribution in [-0.2, 0) is 23.1 Å². The summed E-state index contributed by atoms with van der Waals surface area (Å²) in [6.45, 7) is -0.637. The number of nitrogens with one attached hydrogen (secondary N) is 3. The zero-order valence-corrected chi connectivity index (χ0v) is 17.3. The second-order valence-corrected chi connectivity index (χ2v) is 8.11. The number of ether oxygens (including phenoxy) is 1. The standard InChI is InChI=1S/C19H23F3N4O3S/c1-23-18(25-12-15-5-3-4-6-17(15)26-30(2,27)28)24-11-14-7-9-16(10-8-14)29-13-19(20,21)22/h3-10,26H,11-13H2,1-2H3,(H2,23,24,25). The summed E-state index contributed by atoms with van der Waals surface area (Å²) < 4.78 is 66.7. The van der Waals surface area contributed by atoms with Crippen molar-refractivity contribution in [1.29, 1.82) is 0 Å². The van der Waals surface area contributed by atoms with Crippen LogP contribution in [0.1, 0.15) is 11.1 Å². The third-order valence-corrected chi connectivity index (χ3v) is 4.36. The third kappa shape index (κ3) is 8.60. The number of alkyl halides is 3. The number of benzene rings is 2. The number of halogens is 3. The van der Waals surface area contributed by atoms with E-state index >= 15 is 0 Å². The average molecular weight is 444 g/mol. The van der Waals surface area contributed by atoms with Crippen LogP contribution in [0.3, 0.4) is 0 Å². The number of para-hydroxylation sites is 1. The molecule has 0 atom stereocenters. The maximum absolute atomic E-state index is 12.2. The molecule has 0 bridgehead atoms. The summed E-state index contributed by atoms with van der Waals surface area (Å²) in [5, 5.41) is 6.16. The molecule has 0 radical (unpaired) electrons. The molecule has 0 saturated carbocycles. The molecule has 0 aliphatic rings. The first-order valence-corrected chi connectivity index (χ1v) is 10.7. The maximum atomic E-state index is 12.2. The van der Waals surface area contributed by atoms with Crippen molar-refractivity contribution in [3.63, 3.8) is 0 Å². The molecule has 3 N–H and O–H groups in total. The fraction of sp³-hybridized carbons (Fsp3) is 0.316. The Morgan fingerprint density at radius 3 is 2.27 bits per heavy atom. The van der Waals surface area contributed by atoms with E-state index in [1.54, 1.807) is 43.4 Å². The van der Waals surface area contributed by atoms with Gasteiger partial charge in [-0.15, -0.1) is 0 Å². The summed E-state index contributed by atoms with van der Waals surface area (Å²) in [7, 11) is -1.81. The lowest BCUT2D eigenvalue weighted by Gasteiger charge is -2.15. The lowest BCUT2D eigenvalue weighted by Crippen LogP contribution is -2.36. The highest BCUT2D eigenvalue weighted by atomic mass is 32.2. The van der Waals surface area contributed by atoms with Crippen molar-refractivity contribution in [2.24, 2.45) is 4.99 Å². The Morgan fingerprint density at radius 2 is 1.67 bits per heavy atom. The van der Waals surface area contributed by atoms with Gasteiger partial charge in [-0.3, -0.25) is 9.71 Å². The predicted octanol–water partition coefficient (Wildman–Crippen LogP) is 2.86. The number of nitrogens with zero attached hydrogens (tertiary/aromatic N) is 1. The van der Waals surface area contributed by atoms with Crippen LogP contribution in [-0.4, -0.2) is 40.5 Å². The van der Waals surface area contributed by atoms with Crippen molar-refractivity contribution < 1.29 is 26.3 Å². The van der Waals surface area contributed by atoms with Gasteiger partial charge in [-0.1, -0.05) is 30.3 Å². The molecular formula is C19H23F3N4O3S. The number of anilines is 1. The fourth-order valence-electron chi connectivity index (χ4n) is 2.43. The molecule has 2 rings (SSSR count). The van der Waals surface area contributed by atoms with Crippen LogP contribution >= 0.6 is 0 Å². The Morgan fingerprint density at radius 1 is 1.03 bits per heavy atom. The van der Waals surface area contributed by atoms with Crippen LogP contribution in [0.2, 0.25) is 0 Å². The van der Waals surface area contributed by atoms with Crippen LogP contribution in [0.5, 0.6) is 5.75 Å². The van der Waals surface area contributed by atoms with Gasteiger partial charge in [-0.2, -0.15) is 13.2 Å². The summed E-state index contributed by atoms with van der Waals surface area (Å²) in [6, 6.07) is 13.2. The number of hydrogen-bond acceptors (Lipinski definition) is 4. The van der Waals surface area contributed by atoms with Gasteiger partial charge in [-0.05, 0) is 29.3 Å². The van der Waals surface area contributed by atoms with Gasteiger partial charge < -0.3 is 15.4 Å². The fourth-order valence-corrected chi connectivity index (χ4v) is 3.03. The molecule has 0 saturated heterocycles. The van der Waals surface area contributed by atoms with Gasteiger partial charge in [0.25, 0.3) is 0 Å². The third-order valence-electron chi connectivity index (χ3n) is 3.77. The summed E-state index contributed by atoms with van der Waals surface area (Å²) in [6.07, 6.45) is -3.30. The Kier molecular flexibility index (Phi) is 7.93. The number of guanidine groups is 1. The molecule has 2 aromatic carbocycles. The van der Waals surface area contributed by atoms with Gasteiger partial charge in [0, 0.05) is 20.1 Å². The molecule has 0 aliphatic heterocycles. The molecule has 11 heteroatoms. The van der Waals surface area contributed by atoms with Gasteiger partial charge in [0.15, 0.2) is 12.6 Å². The Hall–Kier alpha value is -2.95. The Balaban J connectivity index is 1.89. The first kappa shape index (κ1) is 23.3. The largest absolute Gasteiger partial charge is 0.484 e. The SMILES string of the molecule is CN=C(NCc1ccc(OCC(F)(F)F)cc1)NCc1ccccc1NS(C)(=O)=O. The molecule has 164 valence electrons. The van der Waals surface area contributed by atoms with E-state index in [1.165, 1.54) is 12.1 Å². The quantitative estimate of drug-likeness (QED) is 0.430. The highest BCUT2D eigenvalue weighted by molar-refractivity contribution is 7.92. The summed E-state index contributed by atoms with van der Waals surface area (Å²) in [5.74, 6) is 0.607. The number of sulfonamides is 1. The van der Waals surface area contributed by atoms with Crippen molar-refractivity contribution in [2.45, 2.75) is 19.3 Å². The number of aliphatic imine (C=N–C) groups is 1. The molecule has 0 aliphatic carbocycles. The molecule has 0 heterocycles. The van der Waals surface area contributed by atoms with Crippen molar-refractivity contribution in [1.82, 2.24) is 10.6 Å². The summed E-state index contributed by atoms with van der Waals surface area (Å²) >= 11 is 0. The molecule has 0 fully saturated rings. The second kappa shape index (κ2) is 10.2. The van der Waals surface area contributed by atoms with Gasteiger partial charge in [-0.25, -0.2) is 8.42 Å². The molecule has 0 unspecified atom stereocenters. The Labute approximate surface area is 173 Å². The minimum atomic E-state index is -4.38. The van der Waals surface area contributed by atoms with Gasteiger partial charge >= 0.3 is 6.18 Å².